The van der Waals surface area contributed by atoms with E-state index in [1.54, 1.807) is 23.9 Å². The van der Waals surface area contributed by atoms with Crippen molar-refractivity contribution in [2.45, 2.75) is 18.2 Å². The molecule has 0 bridgehead atoms. The molecule has 0 spiro atoms. The molecule has 0 aliphatic heterocycles. The van der Waals surface area contributed by atoms with Crippen LogP contribution >= 0.6 is 11.8 Å². The Balaban J connectivity index is 2.29. The Bertz CT molecular complexity index is 324. The van der Waals surface area contributed by atoms with Crippen molar-refractivity contribution in [3.8, 4) is 0 Å². The van der Waals surface area contributed by atoms with Crippen LogP contribution in [0.1, 0.15) is 23.7 Å². The lowest BCUT2D eigenvalue weighted by atomic mass is 10.2. The van der Waals surface area contributed by atoms with E-state index in [9.17, 15) is 4.79 Å². The first-order valence-corrected chi connectivity index (χ1v) is 6.39. The highest BCUT2D eigenvalue weighted by molar-refractivity contribution is 7.99. The summed E-state index contributed by atoms with van der Waals surface area (Å²) < 4.78 is 0. The molecule has 0 saturated carbocycles. The van der Waals surface area contributed by atoms with Crippen LogP contribution in [0.2, 0.25) is 0 Å². The molecule has 2 N–H and O–H groups in total. The first-order valence-electron chi connectivity index (χ1n) is 5.41. The van der Waals surface area contributed by atoms with Crippen LogP contribution < -0.4 is 5.32 Å². The standard InChI is InChI=1S/C12H17NO2S/c1-2-7-13-8-9-16-11-5-3-10(4-6-11)12(14)15/h3-6,13H,2,7-9H2,1H3,(H,14,15). The van der Waals surface area contributed by atoms with E-state index in [0.717, 1.165) is 30.2 Å². The highest BCUT2D eigenvalue weighted by Crippen LogP contribution is 2.17. The average molecular weight is 239 g/mol. The van der Waals surface area contributed by atoms with Crippen LogP contribution in [0.4, 0.5) is 0 Å². The number of hydrogen-bond donors (Lipinski definition) is 2. The van der Waals surface area contributed by atoms with Crippen LogP contribution in [0.5, 0.6) is 0 Å². The van der Waals surface area contributed by atoms with Crippen molar-refractivity contribution in [1.82, 2.24) is 5.32 Å². The monoisotopic (exact) mass is 239 g/mol. The first-order chi connectivity index (χ1) is 7.74. The quantitative estimate of drug-likeness (QED) is 0.567. The Morgan fingerprint density at radius 1 is 1.31 bits per heavy atom. The number of rotatable bonds is 7. The van der Waals surface area contributed by atoms with Gasteiger partial charge in [-0.05, 0) is 37.2 Å². The lowest BCUT2D eigenvalue weighted by Crippen LogP contribution is -2.17. The summed E-state index contributed by atoms with van der Waals surface area (Å²) in [7, 11) is 0. The van der Waals surface area contributed by atoms with E-state index in [1.165, 1.54) is 0 Å². The summed E-state index contributed by atoms with van der Waals surface area (Å²) in [4.78, 5) is 11.7. The van der Waals surface area contributed by atoms with Crippen LogP contribution in [-0.2, 0) is 0 Å². The minimum Gasteiger partial charge on any atom is -0.478 e. The van der Waals surface area contributed by atoms with Crippen LogP contribution in [0, 0.1) is 0 Å². The van der Waals surface area contributed by atoms with Gasteiger partial charge < -0.3 is 10.4 Å². The first kappa shape index (κ1) is 13.1. The second-order valence-corrected chi connectivity index (χ2v) is 4.60. The number of hydrogen-bond acceptors (Lipinski definition) is 3. The number of carboxylic acids is 1. The normalized spacial score (nSPS) is 10.3. The second kappa shape index (κ2) is 7.30. The largest absolute Gasteiger partial charge is 0.478 e. The molecule has 0 atom stereocenters. The molecule has 88 valence electrons. The van der Waals surface area contributed by atoms with Gasteiger partial charge in [0.2, 0.25) is 0 Å². The van der Waals surface area contributed by atoms with Gasteiger partial charge in [-0.25, -0.2) is 4.79 Å². The van der Waals surface area contributed by atoms with Crippen molar-refractivity contribution in [3.63, 3.8) is 0 Å². The fourth-order valence-corrected chi connectivity index (χ4v) is 2.05. The fourth-order valence-electron chi connectivity index (χ4n) is 1.24. The Labute approximate surface area is 100 Å². The number of carboxylic acid groups (broad SMARTS) is 1. The van der Waals surface area contributed by atoms with Gasteiger partial charge in [-0.1, -0.05) is 6.92 Å². The molecule has 0 aliphatic carbocycles. The molecular formula is C12H17NO2S. The van der Waals surface area contributed by atoms with E-state index in [-0.39, 0.29) is 0 Å². The zero-order valence-corrected chi connectivity index (χ0v) is 10.2. The predicted octanol–water partition coefficient (Wildman–Crippen LogP) is 2.48. The number of carbonyl (C=O) groups is 1. The molecule has 0 saturated heterocycles. The Morgan fingerprint density at radius 2 is 2.00 bits per heavy atom. The number of nitrogens with one attached hydrogen (secondary N) is 1. The maximum absolute atomic E-state index is 10.6. The summed E-state index contributed by atoms with van der Waals surface area (Å²) in [5.41, 5.74) is 0.341. The topological polar surface area (TPSA) is 49.3 Å². The van der Waals surface area contributed by atoms with E-state index in [1.807, 2.05) is 12.1 Å². The van der Waals surface area contributed by atoms with E-state index >= 15 is 0 Å². The Hall–Kier alpha value is -1.00. The van der Waals surface area contributed by atoms with Crippen molar-refractivity contribution in [2.24, 2.45) is 0 Å². The maximum Gasteiger partial charge on any atom is 0.335 e. The minimum absolute atomic E-state index is 0.341. The molecule has 3 nitrogen and oxygen atoms in total. The van der Waals surface area contributed by atoms with Gasteiger partial charge in [0.1, 0.15) is 0 Å². The summed E-state index contributed by atoms with van der Waals surface area (Å²) in [5.74, 6) is 0.132. The lowest BCUT2D eigenvalue weighted by molar-refractivity contribution is 0.0697. The SMILES string of the molecule is CCCNCCSc1ccc(C(=O)O)cc1. The van der Waals surface area contributed by atoms with Gasteiger partial charge in [0.05, 0.1) is 5.56 Å². The molecule has 0 amide bonds. The van der Waals surface area contributed by atoms with Crippen LogP contribution in [0.15, 0.2) is 29.2 Å². The van der Waals surface area contributed by atoms with E-state index in [4.69, 9.17) is 5.11 Å². The zero-order valence-electron chi connectivity index (χ0n) is 9.40. The summed E-state index contributed by atoms with van der Waals surface area (Å²) in [6.45, 7) is 4.18. The summed E-state index contributed by atoms with van der Waals surface area (Å²) in [6, 6.07) is 7.00. The molecule has 0 aromatic heterocycles. The van der Waals surface area contributed by atoms with Crippen LogP contribution in [0.25, 0.3) is 0 Å². The average Bonchev–Trinajstić information content (AvgIpc) is 2.29. The molecule has 1 rings (SSSR count). The number of benzene rings is 1. The lowest BCUT2D eigenvalue weighted by Gasteiger charge is -2.03. The van der Waals surface area contributed by atoms with E-state index in [0.29, 0.717) is 5.56 Å². The molecule has 0 fully saturated rings. The van der Waals surface area contributed by atoms with Crippen molar-refractivity contribution in [2.75, 3.05) is 18.8 Å². The summed E-state index contributed by atoms with van der Waals surface area (Å²) in [5, 5.41) is 12.1. The maximum atomic E-state index is 10.6. The number of thioether (sulfide) groups is 1. The molecule has 1 aromatic carbocycles. The van der Waals surface area contributed by atoms with Gasteiger partial charge in [0, 0.05) is 17.2 Å². The smallest absolute Gasteiger partial charge is 0.335 e. The highest BCUT2D eigenvalue weighted by atomic mass is 32.2. The van der Waals surface area contributed by atoms with Crippen LogP contribution in [0.3, 0.4) is 0 Å². The van der Waals surface area contributed by atoms with Crippen molar-refractivity contribution < 1.29 is 9.90 Å². The third-order valence-corrected chi connectivity index (χ3v) is 3.09. The molecule has 0 unspecified atom stereocenters. The molecule has 0 heterocycles. The molecule has 0 radical (unpaired) electrons. The molecule has 0 aliphatic rings. The number of aromatic carboxylic acids is 1. The van der Waals surface area contributed by atoms with Gasteiger partial charge in [-0.2, -0.15) is 0 Å². The Kier molecular flexibility index (Phi) is 5.96. The van der Waals surface area contributed by atoms with Gasteiger partial charge in [0.15, 0.2) is 0 Å². The molecule has 1 aromatic rings. The summed E-state index contributed by atoms with van der Waals surface area (Å²) in [6.07, 6.45) is 1.15. The van der Waals surface area contributed by atoms with Crippen molar-refractivity contribution in [1.29, 1.82) is 0 Å². The third kappa shape index (κ3) is 4.68. The Morgan fingerprint density at radius 3 is 2.56 bits per heavy atom. The van der Waals surface area contributed by atoms with Gasteiger partial charge in [0.25, 0.3) is 0 Å². The van der Waals surface area contributed by atoms with Gasteiger partial charge in [-0.3, -0.25) is 0 Å². The van der Waals surface area contributed by atoms with Crippen molar-refractivity contribution in [3.05, 3.63) is 29.8 Å². The van der Waals surface area contributed by atoms with E-state index in [2.05, 4.69) is 12.2 Å². The molecule has 4 heteroatoms. The fraction of sp³-hybridized carbons (Fsp3) is 0.417. The molecular weight excluding hydrogens is 222 g/mol. The minimum atomic E-state index is -0.874. The van der Waals surface area contributed by atoms with Gasteiger partial charge >= 0.3 is 5.97 Å². The summed E-state index contributed by atoms with van der Waals surface area (Å²) >= 11 is 1.74. The van der Waals surface area contributed by atoms with Gasteiger partial charge in [-0.15, -0.1) is 11.8 Å². The molecule has 16 heavy (non-hydrogen) atoms. The predicted molar refractivity (Wildman–Crippen MR) is 67.3 cm³/mol. The zero-order chi connectivity index (χ0) is 11.8. The second-order valence-electron chi connectivity index (χ2n) is 3.43. The van der Waals surface area contributed by atoms with E-state index < -0.39 is 5.97 Å². The third-order valence-electron chi connectivity index (χ3n) is 2.08. The highest BCUT2D eigenvalue weighted by Gasteiger charge is 2.01. The van der Waals surface area contributed by atoms with Crippen molar-refractivity contribution >= 4 is 17.7 Å². The van der Waals surface area contributed by atoms with Crippen LogP contribution in [-0.4, -0.2) is 29.9 Å².